The molecule has 0 bridgehead atoms. The lowest BCUT2D eigenvalue weighted by Gasteiger charge is -2.07. The summed E-state index contributed by atoms with van der Waals surface area (Å²) in [5, 5.41) is 13.6. The Labute approximate surface area is 137 Å². The Bertz CT molecular complexity index is 913. The van der Waals surface area contributed by atoms with Gasteiger partial charge < -0.3 is 10.3 Å². The van der Waals surface area contributed by atoms with E-state index in [-0.39, 0.29) is 23.6 Å². The topological polar surface area (TPSA) is 106 Å². The molecule has 0 radical (unpaired) electrons. The van der Waals surface area contributed by atoms with Gasteiger partial charge in [0.05, 0.1) is 12.1 Å². The van der Waals surface area contributed by atoms with E-state index in [1.165, 1.54) is 11.0 Å². The first-order chi connectivity index (χ1) is 11.5. The van der Waals surface area contributed by atoms with Crippen molar-refractivity contribution in [2.75, 3.05) is 5.32 Å². The first-order valence-corrected chi connectivity index (χ1v) is 7.35. The Hall–Kier alpha value is -3.29. The van der Waals surface area contributed by atoms with Crippen molar-refractivity contribution in [1.29, 1.82) is 0 Å². The molecular weight excluding hydrogens is 308 g/mol. The summed E-state index contributed by atoms with van der Waals surface area (Å²) < 4.78 is 1.53. The molecule has 2 heterocycles. The predicted octanol–water partition coefficient (Wildman–Crippen LogP) is 1.15. The summed E-state index contributed by atoms with van der Waals surface area (Å²) in [4.78, 5) is 26.7. The third-order valence-corrected chi connectivity index (χ3v) is 3.69. The van der Waals surface area contributed by atoms with E-state index in [9.17, 15) is 9.59 Å². The number of hydrogen-bond donors (Lipinski definition) is 2. The van der Waals surface area contributed by atoms with Gasteiger partial charge in [-0.2, -0.15) is 0 Å². The van der Waals surface area contributed by atoms with Crippen LogP contribution in [-0.2, 0) is 11.2 Å². The second-order valence-corrected chi connectivity index (χ2v) is 5.47. The molecule has 1 aromatic carbocycles. The Balaban J connectivity index is 1.69. The molecule has 122 valence electrons. The number of benzene rings is 1. The highest BCUT2D eigenvalue weighted by molar-refractivity contribution is 5.92. The summed E-state index contributed by atoms with van der Waals surface area (Å²) in [7, 11) is 0. The number of aromatic nitrogens is 5. The molecule has 0 saturated heterocycles. The minimum Gasteiger partial charge on any atom is -0.324 e. The number of pyridine rings is 1. The molecule has 0 unspecified atom stereocenters. The van der Waals surface area contributed by atoms with E-state index in [2.05, 4.69) is 25.8 Å². The van der Waals surface area contributed by atoms with Crippen LogP contribution in [0.1, 0.15) is 16.8 Å². The van der Waals surface area contributed by atoms with E-state index in [1.807, 2.05) is 38.1 Å². The SMILES string of the molecule is Cc1cc(NC(=O)Cc2ccc(-n3cnnn3)cc2)c(=O)[nH]c1C. The van der Waals surface area contributed by atoms with Gasteiger partial charge in [0.25, 0.3) is 5.56 Å². The minimum atomic E-state index is -0.305. The lowest BCUT2D eigenvalue weighted by molar-refractivity contribution is -0.115. The number of nitrogens with zero attached hydrogens (tertiary/aromatic N) is 4. The number of anilines is 1. The van der Waals surface area contributed by atoms with Gasteiger partial charge in [0, 0.05) is 5.69 Å². The van der Waals surface area contributed by atoms with Gasteiger partial charge in [-0.15, -0.1) is 5.10 Å². The zero-order valence-electron chi connectivity index (χ0n) is 13.3. The van der Waals surface area contributed by atoms with Crippen LogP contribution in [0.4, 0.5) is 5.69 Å². The predicted molar refractivity (Wildman–Crippen MR) is 88.0 cm³/mol. The zero-order chi connectivity index (χ0) is 17.1. The van der Waals surface area contributed by atoms with Crippen molar-refractivity contribution in [2.45, 2.75) is 20.3 Å². The molecule has 24 heavy (non-hydrogen) atoms. The van der Waals surface area contributed by atoms with Crippen molar-refractivity contribution in [1.82, 2.24) is 25.2 Å². The highest BCUT2D eigenvalue weighted by Crippen LogP contribution is 2.10. The number of aryl methyl sites for hydroxylation is 2. The Morgan fingerprint density at radius 3 is 2.67 bits per heavy atom. The average Bonchev–Trinajstić information content (AvgIpc) is 3.08. The summed E-state index contributed by atoms with van der Waals surface area (Å²) in [5.41, 5.74) is 3.28. The molecular formula is C16H16N6O2. The fraction of sp³-hybridized carbons (Fsp3) is 0.188. The van der Waals surface area contributed by atoms with Gasteiger partial charge in [0.1, 0.15) is 12.0 Å². The van der Waals surface area contributed by atoms with Crippen molar-refractivity contribution in [3.8, 4) is 5.69 Å². The Kier molecular flexibility index (Phi) is 4.19. The van der Waals surface area contributed by atoms with E-state index >= 15 is 0 Å². The van der Waals surface area contributed by atoms with Crippen LogP contribution in [0.5, 0.6) is 0 Å². The molecule has 0 spiro atoms. The summed E-state index contributed by atoms with van der Waals surface area (Å²) in [6, 6.07) is 8.96. The molecule has 8 nitrogen and oxygen atoms in total. The van der Waals surface area contributed by atoms with Crippen molar-refractivity contribution < 1.29 is 4.79 Å². The molecule has 0 aliphatic heterocycles. The van der Waals surface area contributed by atoms with Crippen molar-refractivity contribution in [3.63, 3.8) is 0 Å². The van der Waals surface area contributed by atoms with E-state index in [0.717, 1.165) is 22.5 Å². The van der Waals surface area contributed by atoms with Gasteiger partial charge >= 0.3 is 0 Å². The lowest BCUT2D eigenvalue weighted by Crippen LogP contribution is -2.22. The van der Waals surface area contributed by atoms with Crippen LogP contribution < -0.4 is 10.9 Å². The van der Waals surface area contributed by atoms with Gasteiger partial charge in [0.15, 0.2) is 0 Å². The van der Waals surface area contributed by atoms with E-state index in [0.29, 0.717) is 0 Å². The zero-order valence-corrected chi connectivity index (χ0v) is 13.3. The number of hydrogen-bond acceptors (Lipinski definition) is 5. The van der Waals surface area contributed by atoms with Crippen LogP contribution in [-0.4, -0.2) is 31.1 Å². The summed E-state index contributed by atoms with van der Waals surface area (Å²) in [6.07, 6.45) is 1.66. The molecule has 2 aromatic heterocycles. The van der Waals surface area contributed by atoms with Crippen LogP contribution in [0.3, 0.4) is 0 Å². The lowest BCUT2D eigenvalue weighted by atomic mass is 10.1. The normalized spacial score (nSPS) is 10.6. The first-order valence-electron chi connectivity index (χ1n) is 7.35. The molecule has 0 fully saturated rings. The van der Waals surface area contributed by atoms with Crippen LogP contribution in [0.25, 0.3) is 5.69 Å². The number of tetrazole rings is 1. The molecule has 3 rings (SSSR count). The number of amides is 1. The van der Waals surface area contributed by atoms with Crippen LogP contribution in [0, 0.1) is 13.8 Å². The number of nitrogens with one attached hydrogen (secondary N) is 2. The maximum absolute atomic E-state index is 12.1. The van der Waals surface area contributed by atoms with Crippen molar-refractivity contribution >= 4 is 11.6 Å². The van der Waals surface area contributed by atoms with Gasteiger partial charge in [-0.05, 0) is 53.6 Å². The standard InChI is InChI=1S/C16H16N6O2/c1-10-7-14(16(24)18-11(10)2)19-15(23)8-12-3-5-13(6-4-12)22-9-17-20-21-22/h3-7,9H,8H2,1-2H3,(H,18,24)(H,19,23). The fourth-order valence-electron chi connectivity index (χ4n) is 2.25. The third kappa shape index (κ3) is 3.37. The first kappa shape index (κ1) is 15.6. The molecule has 0 atom stereocenters. The van der Waals surface area contributed by atoms with E-state index < -0.39 is 0 Å². The maximum Gasteiger partial charge on any atom is 0.271 e. The minimum absolute atomic E-state index is 0.169. The highest BCUT2D eigenvalue weighted by Gasteiger charge is 2.09. The van der Waals surface area contributed by atoms with Gasteiger partial charge in [-0.1, -0.05) is 12.1 Å². The largest absolute Gasteiger partial charge is 0.324 e. The number of H-pyrrole nitrogens is 1. The monoisotopic (exact) mass is 324 g/mol. The highest BCUT2D eigenvalue weighted by atomic mass is 16.2. The number of carbonyl (C=O) groups is 1. The van der Waals surface area contributed by atoms with E-state index in [4.69, 9.17) is 0 Å². The van der Waals surface area contributed by atoms with Crippen molar-refractivity contribution in [3.05, 3.63) is 63.8 Å². The van der Waals surface area contributed by atoms with E-state index in [1.54, 1.807) is 6.07 Å². The van der Waals surface area contributed by atoms with Gasteiger partial charge in [-0.25, -0.2) is 4.68 Å². The summed E-state index contributed by atoms with van der Waals surface area (Å²) >= 11 is 0. The maximum atomic E-state index is 12.1. The molecule has 3 aromatic rings. The summed E-state index contributed by atoms with van der Waals surface area (Å²) in [6.45, 7) is 3.69. The molecule has 0 aliphatic carbocycles. The van der Waals surface area contributed by atoms with Crippen molar-refractivity contribution in [2.24, 2.45) is 0 Å². The van der Waals surface area contributed by atoms with Gasteiger partial charge in [-0.3, -0.25) is 9.59 Å². The second kappa shape index (κ2) is 6.45. The summed E-state index contributed by atoms with van der Waals surface area (Å²) in [5.74, 6) is -0.251. The second-order valence-electron chi connectivity index (χ2n) is 5.47. The molecule has 0 aliphatic rings. The van der Waals surface area contributed by atoms with Crippen LogP contribution in [0.2, 0.25) is 0 Å². The number of carbonyl (C=O) groups excluding carboxylic acids is 1. The number of aromatic amines is 1. The molecule has 8 heteroatoms. The quantitative estimate of drug-likeness (QED) is 0.749. The molecule has 0 saturated carbocycles. The third-order valence-electron chi connectivity index (χ3n) is 3.69. The van der Waals surface area contributed by atoms with Crippen LogP contribution >= 0.6 is 0 Å². The molecule has 2 N–H and O–H groups in total. The smallest absolute Gasteiger partial charge is 0.271 e. The average molecular weight is 324 g/mol. The molecule has 1 amide bonds. The Morgan fingerprint density at radius 1 is 1.25 bits per heavy atom. The fourth-order valence-corrected chi connectivity index (χ4v) is 2.25. The van der Waals surface area contributed by atoms with Crippen LogP contribution in [0.15, 0.2) is 41.5 Å². The number of rotatable bonds is 4. The Morgan fingerprint density at radius 2 is 2.00 bits per heavy atom. The van der Waals surface area contributed by atoms with Gasteiger partial charge in [0.2, 0.25) is 5.91 Å².